The normalized spacial score (nSPS) is 10.9. The van der Waals surface area contributed by atoms with Crippen LogP contribution in [0, 0.1) is 5.41 Å². The smallest absolute Gasteiger partial charge is 0.323 e. The van der Waals surface area contributed by atoms with Gasteiger partial charge < -0.3 is 9.47 Å². The molecular weight excluding hydrogens is 324 g/mol. The first-order valence-electron chi connectivity index (χ1n) is 8.31. The van der Waals surface area contributed by atoms with Gasteiger partial charge in [0.2, 0.25) is 11.6 Å². The van der Waals surface area contributed by atoms with Crippen LogP contribution in [0.2, 0.25) is 0 Å². The maximum absolute atomic E-state index is 12.3. The van der Waals surface area contributed by atoms with E-state index >= 15 is 0 Å². The standard InChI is InChI=1S/C19H24O6/c1-5-15(20)16(21)14-10-8-13(9-11-14)12-19(4,17(22)24-6-2)18(23)25-7-3/h8-11H,5-7,12H2,1-4H3. The Bertz CT molecular complexity index is 626. The summed E-state index contributed by atoms with van der Waals surface area (Å²) in [7, 11) is 0. The molecule has 1 aromatic rings. The number of esters is 2. The predicted octanol–water partition coefficient (Wildman–Crippen LogP) is 2.52. The molecule has 0 aliphatic carbocycles. The van der Waals surface area contributed by atoms with Crippen LogP contribution in [-0.2, 0) is 30.3 Å². The average Bonchev–Trinajstić information content (AvgIpc) is 2.61. The van der Waals surface area contributed by atoms with Crippen molar-refractivity contribution >= 4 is 23.5 Å². The zero-order valence-electron chi connectivity index (χ0n) is 15.1. The lowest BCUT2D eigenvalue weighted by atomic mass is 9.83. The van der Waals surface area contributed by atoms with Gasteiger partial charge in [0.25, 0.3) is 0 Å². The minimum absolute atomic E-state index is 0.0703. The van der Waals surface area contributed by atoms with Crippen LogP contribution in [0.25, 0.3) is 0 Å². The van der Waals surface area contributed by atoms with Gasteiger partial charge in [0.1, 0.15) is 0 Å². The van der Waals surface area contributed by atoms with Crippen molar-refractivity contribution in [1.82, 2.24) is 0 Å². The molecule has 0 aromatic heterocycles. The highest BCUT2D eigenvalue weighted by molar-refractivity contribution is 6.43. The molecule has 0 unspecified atom stereocenters. The third-order valence-electron chi connectivity index (χ3n) is 3.80. The van der Waals surface area contributed by atoms with Gasteiger partial charge >= 0.3 is 11.9 Å². The Hall–Kier alpha value is -2.50. The van der Waals surface area contributed by atoms with Crippen LogP contribution in [0.1, 0.15) is 50.0 Å². The Morgan fingerprint density at radius 1 is 0.880 bits per heavy atom. The van der Waals surface area contributed by atoms with E-state index in [9.17, 15) is 19.2 Å². The van der Waals surface area contributed by atoms with Gasteiger partial charge in [-0.25, -0.2) is 0 Å². The Balaban J connectivity index is 3.05. The Labute approximate surface area is 147 Å². The van der Waals surface area contributed by atoms with Crippen LogP contribution in [-0.4, -0.2) is 36.7 Å². The molecule has 25 heavy (non-hydrogen) atoms. The zero-order chi connectivity index (χ0) is 19.0. The summed E-state index contributed by atoms with van der Waals surface area (Å²) >= 11 is 0. The van der Waals surface area contributed by atoms with E-state index < -0.39 is 28.9 Å². The van der Waals surface area contributed by atoms with Gasteiger partial charge in [-0.05, 0) is 32.8 Å². The topological polar surface area (TPSA) is 86.7 Å². The Kier molecular flexibility index (Phi) is 7.48. The fourth-order valence-electron chi connectivity index (χ4n) is 2.31. The second-order valence-corrected chi connectivity index (χ2v) is 5.75. The number of hydrogen-bond acceptors (Lipinski definition) is 6. The fourth-order valence-corrected chi connectivity index (χ4v) is 2.31. The molecule has 0 aliphatic rings. The lowest BCUT2D eigenvalue weighted by molar-refractivity contribution is -0.170. The van der Waals surface area contributed by atoms with E-state index in [0.717, 1.165) is 0 Å². The van der Waals surface area contributed by atoms with Crippen LogP contribution in [0.5, 0.6) is 0 Å². The van der Waals surface area contributed by atoms with Gasteiger partial charge in [0.15, 0.2) is 5.41 Å². The third kappa shape index (κ3) is 4.98. The summed E-state index contributed by atoms with van der Waals surface area (Å²) < 4.78 is 10.0. The average molecular weight is 348 g/mol. The zero-order valence-corrected chi connectivity index (χ0v) is 15.1. The minimum Gasteiger partial charge on any atom is -0.465 e. The van der Waals surface area contributed by atoms with E-state index in [2.05, 4.69) is 0 Å². The molecule has 0 heterocycles. The van der Waals surface area contributed by atoms with Crippen molar-refractivity contribution in [2.45, 2.75) is 40.5 Å². The van der Waals surface area contributed by atoms with Crippen molar-refractivity contribution in [3.8, 4) is 0 Å². The molecule has 0 aliphatic heterocycles. The van der Waals surface area contributed by atoms with Crippen LogP contribution in [0.3, 0.4) is 0 Å². The second-order valence-electron chi connectivity index (χ2n) is 5.75. The lowest BCUT2D eigenvalue weighted by Gasteiger charge is -2.25. The van der Waals surface area contributed by atoms with E-state index in [1.54, 1.807) is 32.9 Å². The largest absolute Gasteiger partial charge is 0.465 e. The van der Waals surface area contributed by atoms with Crippen molar-refractivity contribution < 1.29 is 28.7 Å². The molecule has 0 N–H and O–H groups in total. The molecule has 0 spiro atoms. The van der Waals surface area contributed by atoms with Gasteiger partial charge in [-0.3, -0.25) is 19.2 Å². The van der Waals surface area contributed by atoms with E-state index in [0.29, 0.717) is 5.56 Å². The number of rotatable bonds is 9. The summed E-state index contributed by atoms with van der Waals surface area (Å²) in [5, 5.41) is 0. The minimum atomic E-state index is -1.48. The van der Waals surface area contributed by atoms with Gasteiger partial charge in [-0.1, -0.05) is 31.2 Å². The van der Waals surface area contributed by atoms with Crippen LogP contribution >= 0.6 is 0 Å². The molecule has 6 heteroatoms. The maximum atomic E-state index is 12.3. The van der Waals surface area contributed by atoms with Gasteiger partial charge in [-0.2, -0.15) is 0 Å². The number of Topliss-reactive ketones (excluding diaryl/α,β-unsaturated/α-hetero) is 2. The van der Waals surface area contributed by atoms with Crippen molar-refractivity contribution in [1.29, 1.82) is 0 Å². The van der Waals surface area contributed by atoms with Crippen LogP contribution < -0.4 is 0 Å². The summed E-state index contributed by atoms with van der Waals surface area (Å²) in [4.78, 5) is 47.9. The second kappa shape index (κ2) is 9.11. The van der Waals surface area contributed by atoms with E-state index in [1.165, 1.54) is 19.1 Å². The molecule has 0 saturated carbocycles. The molecule has 1 rings (SSSR count). The van der Waals surface area contributed by atoms with Crippen molar-refractivity contribution in [2.24, 2.45) is 5.41 Å². The number of ether oxygens (including phenoxy) is 2. The maximum Gasteiger partial charge on any atom is 0.323 e. The van der Waals surface area contributed by atoms with Crippen molar-refractivity contribution in [3.63, 3.8) is 0 Å². The van der Waals surface area contributed by atoms with Gasteiger partial charge in [0.05, 0.1) is 13.2 Å². The lowest BCUT2D eigenvalue weighted by Crippen LogP contribution is -2.41. The summed E-state index contributed by atoms with van der Waals surface area (Å²) in [6.45, 7) is 6.73. The molecular formula is C19H24O6. The molecule has 136 valence electrons. The Morgan fingerprint density at radius 2 is 1.36 bits per heavy atom. The number of hydrogen-bond donors (Lipinski definition) is 0. The molecule has 0 amide bonds. The monoisotopic (exact) mass is 348 g/mol. The van der Waals surface area contributed by atoms with Crippen molar-refractivity contribution in [2.75, 3.05) is 13.2 Å². The van der Waals surface area contributed by atoms with Gasteiger partial charge in [-0.15, -0.1) is 0 Å². The summed E-state index contributed by atoms with van der Waals surface area (Å²) in [5.74, 6) is -2.33. The summed E-state index contributed by atoms with van der Waals surface area (Å²) in [5.41, 5.74) is -0.537. The highest BCUT2D eigenvalue weighted by Gasteiger charge is 2.44. The molecule has 1 aromatic carbocycles. The highest BCUT2D eigenvalue weighted by atomic mass is 16.6. The number of benzene rings is 1. The van der Waals surface area contributed by atoms with E-state index in [1.807, 2.05) is 0 Å². The molecule has 0 fully saturated rings. The SMILES string of the molecule is CCOC(=O)C(C)(Cc1ccc(C(=O)C(=O)CC)cc1)C(=O)OCC. The van der Waals surface area contributed by atoms with E-state index in [-0.39, 0.29) is 31.6 Å². The van der Waals surface area contributed by atoms with Crippen LogP contribution in [0.4, 0.5) is 0 Å². The fraction of sp³-hybridized carbons (Fsp3) is 0.474. The van der Waals surface area contributed by atoms with Gasteiger partial charge in [0, 0.05) is 12.0 Å². The molecule has 0 bridgehead atoms. The molecule has 6 nitrogen and oxygen atoms in total. The molecule has 0 saturated heterocycles. The first-order valence-corrected chi connectivity index (χ1v) is 8.31. The van der Waals surface area contributed by atoms with E-state index in [4.69, 9.17) is 9.47 Å². The first-order chi connectivity index (χ1) is 11.8. The summed E-state index contributed by atoms with van der Waals surface area (Å²) in [6, 6.07) is 6.27. The van der Waals surface area contributed by atoms with Crippen molar-refractivity contribution in [3.05, 3.63) is 35.4 Å². The number of carbonyl (C=O) groups is 4. The molecule has 0 radical (unpaired) electrons. The molecule has 0 atom stereocenters. The number of ketones is 2. The first kappa shape index (κ1) is 20.5. The Morgan fingerprint density at radius 3 is 1.76 bits per heavy atom. The predicted molar refractivity (Wildman–Crippen MR) is 91.1 cm³/mol. The highest BCUT2D eigenvalue weighted by Crippen LogP contribution is 2.27. The third-order valence-corrected chi connectivity index (χ3v) is 3.80. The quantitative estimate of drug-likeness (QED) is 0.295. The number of carbonyl (C=O) groups excluding carboxylic acids is 4. The van der Waals surface area contributed by atoms with Crippen LogP contribution in [0.15, 0.2) is 24.3 Å². The summed E-state index contributed by atoms with van der Waals surface area (Å²) in [6.07, 6.45) is 0.214.